The highest BCUT2D eigenvalue weighted by Crippen LogP contribution is 2.22. The quantitative estimate of drug-likeness (QED) is 0.445. The van der Waals surface area contributed by atoms with Gasteiger partial charge in [-0.1, -0.05) is 11.5 Å². The van der Waals surface area contributed by atoms with Crippen molar-refractivity contribution in [2.24, 2.45) is 5.11 Å². The zero-order chi connectivity index (χ0) is 12.2. The highest BCUT2D eigenvalue weighted by Gasteiger charge is 2.29. The van der Waals surface area contributed by atoms with Crippen LogP contribution in [0.4, 0.5) is 4.79 Å². The van der Waals surface area contributed by atoms with Crippen molar-refractivity contribution in [3.8, 4) is 0 Å². The van der Waals surface area contributed by atoms with Gasteiger partial charge in [0.1, 0.15) is 5.60 Å². The number of azide groups is 1. The van der Waals surface area contributed by atoms with Gasteiger partial charge in [0.05, 0.1) is 6.04 Å². The largest absolute Gasteiger partial charge is 0.444 e. The zero-order valence-corrected chi connectivity index (χ0v) is 9.93. The lowest BCUT2D eigenvalue weighted by Crippen LogP contribution is -2.42. The number of hydrogen-bond donors (Lipinski definition) is 1. The Hall–Kier alpha value is -1.42. The number of nitrogens with zero attached hydrogens (tertiary/aromatic N) is 3. The van der Waals surface area contributed by atoms with Gasteiger partial charge in [-0.25, -0.2) is 4.79 Å². The molecular formula is C10H18N4O2. The summed E-state index contributed by atoms with van der Waals surface area (Å²) in [6, 6.07) is -0.233. The van der Waals surface area contributed by atoms with Crippen molar-refractivity contribution in [3.05, 3.63) is 10.4 Å². The number of alkyl carbamates (subject to hydrolysis) is 1. The van der Waals surface area contributed by atoms with E-state index in [0.717, 1.165) is 19.3 Å². The smallest absolute Gasteiger partial charge is 0.407 e. The van der Waals surface area contributed by atoms with Crippen LogP contribution >= 0.6 is 0 Å². The molecule has 1 saturated carbocycles. The highest BCUT2D eigenvalue weighted by molar-refractivity contribution is 5.68. The summed E-state index contributed by atoms with van der Waals surface area (Å²) in [5.41, 5.74) is 7.88. The Morgan fingerprint density at radius 2 is 2.19 bits per heavy atom. The predicted molar refractivity (Wildman–Crippen MR) is 59.9 cm³/mol. The Kier molecular flexibility index (Phi) is 4.01. The third-order valence-electron chi connectivity index (χ3n) is 2.38. The van der Waals surface area contributed by atoms with Gasteiger partial charge in [-0.3, -0.25) is 0 Å². The van der Waals surface area contributed by atoms with Crippen molar-refractivity contribution >= 4 is 6.09 Å². The van der Waals surface area contributed by atoms with Crippen LogP contribution in [-0.4, -0.2) is 23.8 Å². The number of ether oxygens (including phenoxy) is 1. The van der Waals surface area contributed by atoms with Gasteiger partial charge in [-0.05, 0) is 39.1 Å². The summed E-state index contributed by atoms with van der Waals surface area (Å²) in [4.78, 5) is 14.3. The third kappa shape index (κ3) is 3.98. The molecule has 1 aliphatic rings. The Balaban J connectivity index is 2.47. The van der Waals surface area contributed by atoms with Crippen molar-refractivity contribution in [3.63, 3.8) is 0 Å². The monoisotopic (exact) mass is 226 g/mol. The summed E-state index contributed by atoms with van der Waals surface area (Å²) in [5, 5.41) is 6.41. The van der Waals surface area contributed by atoms with Gasteiger partial charge in [-0.15, -0.1) is 0 Å². The van der Waals surface area contributed by atoms with Crippen LogP contribution in [0.1, 0.15) is 40.0 Å². The molecule has 0 aromatic carbocycles. The molecule has 1 rings (SSSR count). The number of carbonyl (C=O) groups is 1. The first-order chi connectivity index (χ1) is 7.42. The van der Waals surface area contributed by atoms with Gasteiger partial charge in [0.2, 0.25) is 0 Å². The van der Waals surface area contributed by atoms with E-state index >= 15 is 0 Å². The Bertz CT molecular complexity index is 304. The molecule has 6 heteroatoms. The summed E-state index contributed by atoms with van der Waals surface area (Å²) in [7, 11) is 0. The van der Waals surface area contributed by atoms with Crippen LogP contribution in [0.5, 0.6) is 0 Å². The second-order valence-corrected chi connectivity index (χ2v) is 4.96. The van der Waals surface area contributed by atoms with Gasteiger partial charge in [0.25, 0.3) is 0 Å². The lowest BCUT2D eigenvalue weighted by molar-refractivity contribution is 0.0501. The molecule has 0 bridgehead atoms. The topological polar surface area (TPSA) is 87.1 Å². The predicted octanol–water partition coefficient (Wildman–Crippen LogP) is 2.74. The number of carbonyl (C=O) groups excluding carboxylic acids is 1. The maximum atomic E-state index is 11.5. The fourth-order valence-electron chi connectivity index (χ4n) is 1.77. The molecule has 0 unspecified atom stereocenters. The van der Waals surface area contributed by atoms with E-state index in [4.69, 9.17) is 10.3 Å². The Labute approximate surface area is 95.0 Å². The molecule has 2 atom stereocenters. The molecule has 0 aromatic rings. The summed E-state index contributed by atoms with van der Waals surface area (Å²) in [6.45, 7) is 5.43. The Morgan fingerprint density at radius 1 is 1.50 bits per heavy atom. The fraction of sp³-hybridized carbons (Fsp3) is 0.900. The lowest BCUT2D eigenvalue weighted by Gasteiger charge is -2.23. The van der Waals surface area contributed by atoms with Crippen molar-refractivity contribution in [2.75, 3.05) is 0 Å². The molecule has 1 amide bonds. The standard InChI is InChI=1S/C10H18N4O2/c1-10(2,3)16-9(15)12-7-5-4-6-8(7)13-14-11/h7-8H,4-6H2,1-3H3,(H,12,15)/t7-,8+/m0/s1. The summed E-state index contributed by atoms with van der Waals surface area (Å²) >= 11 is 0. The minimum Gasteiger partial charge on any atom is -0.444 e. The van der Waals surface area contributed by atoms with Gasteiger partial charge >= 0.3 is 6.09 Å². The van der Waals surface area contributed by atoms with Crippen LogP contribution in [0, 0.1) is 0 Å². The Morgan fingerprint density at radius 3 is 2.75 bits per heavy atom. The van der Waals surface area contributed by atoms with E-state index in [-0.39, 0.29) is 12.1 Å². The van der Waals surface area contributed by atoms with E-state index in [9.17, 15) is 4.79 Å². The molecule has 0 saturated heterocycles. The summed E-state index contributed by atoms with van der Waals surface area (Å²) in [6.07, 6.45) is 2.18. The van der Waals surface area contributed by atoms with Crippen LogP contribution < -0.4 is 5.32 Å². The molecule has 0 radical (unpaired) electrons. The molecule has 0 aliphatic heterocycles. The minimum atomic E-state index is -0.503. The minimum absolute atomic E-state index is 0.0919. The zero-order valence-electron chi connectivity index (χ0n) is 9.93. The molecule has 0 aromatic heterocycles. The van der Waals surface area contributed by atoms with Crippen LogP contribution in [0.15, 0.2) is 5.11 Å². The maximum Gasteiger partial charge on any atom is 0.407 e. The number of rotatable bonds is 2. The molecule has 1 aliphatic carbocycles. The fourth-order valence-corrected chi connectivity index (χ4v) is 1.77. The van der Waals surface area contributed by atoms with E-state index in [1.807, 2.05) is 20.8 Å². The molecule has 6 nitrogen and oxygen atoms in total. The van der Waals surface area contributed by atoms with Gasteiger partial charge in [0, 0.05) is 11.0 Å². The molecule has 0 heterocycles. The average molecular weight is 226 g/mol. The number of hydrogen-bond acceptors (Lipinski definition) is 3. The normalized spacial score (nSPS) is 24.7. The third-order valence-corrected chi connectivity index (χ3v) is 2.38. The van der Waals surface area contributed by atoms with E-state index in [1.165, 1.54) is 0 Å². The van der Waals surface area contributed by atoms with E-state index in [1.54, 1.807) is 0 Å². The SMILES string of the molecule is CC(C)(C)OC(=O)N[C@H]1CCC[C@H]1N=[N+]=[N-]. The average Bonchev–Trinajstić information content (AvgIpc) is 2.50. The van der Waals surface area contributed by atoms with Crippen LogP contribution in [0.2, 0.25) is 0 Å². The van der Waals surface area contributed by atoms with Gasteiger partial charge < -0.3 is 10.1 Å². The van der Waals surface area contributed by atoms with Gasteiger partial charge in [-0.2, -0.15) is 0 Å². The maximum absolute atomic E-state index is 11.5. The second kappa shape index (κ2) is 5.07. The van der Waals surface area contributed by atoms with Crippen LogP contribution in [0.3, 0.4) is 0 Å². The molecule has 1 N–H and O–H groups in total. The van der Waals surface area contributed by atoms with Crippen molar-refractivity contribution in [1.82, 2.24) is 5.32 Å². The van der Waals surface area contributed by atoms with Gasteiger partial charge in [0.15, 0.2) is 0 Å². The second-order valence-electron chi connectivity index (χ2n) is 4.96. The molecule has 1 fully saturated rings. The van der Waals surface area contributed by atoms with E-state index in [0.29, 0.717) is 0 Å². The van der Waals surface area contributed by atoms with E-state index < -0.39 is 11.7 Å². The molecule has 0 spiro atoms. The summed E-state index contributed by atoms with van der Waals surface area (Å²) in [5.74, 6) is 0. The molecule has 16 heavy (non-hydrogen) atoms. The molecular weight excluding hydrogens is 208 g/mol. The summed E-state index contributed by atoms with van der Waals surface area (Å²) < 4.78 is 5.14. The molecule has 90 valence electrons. The number of amides is 1. The number of nitrogens with one attached hydrogen (secondary N) is 1. The van der Waals surface area contributed by atoms with Crippen LogP contribution in [0.25, 0.3) is 10.4 Å². The van der Waals surface area contributed by atoms with Crippen molar-refractivity contribution in [1.29, 1.82) is 0 Å². The lowest BCUT2D eigenvalue weighted by atomic mass is 10.2. The first-order valence-corrected chi connectivity index (χ1v) is 5.46. The van der Waals surface area contributed by atoms with Crippen molar-refractivity contribution in [2.45, 2.75) is 57.7 Å². The van der Waals surface area contributed by atoms with Crippen molar-refractivity contribution < 1.29 is 9.53 Å². The van der Waals surface area contributed by atoms with E-state index in [2.05, 4.69) is 15.3 Å². The first kappa shape index (κ1) is 12.6. The first-order valence-electron chi connectivity index (χ1n) is 5.46. The highest BCUT2D eigenvalue weighted by atomic mass is 16.6. The van der Waals surface area contributed by atoms with Crippen LogP contribution in [-0.2, 0) is 4.74 Å².